The molecule has 2 aromatic heterocycles. The normalized spacial score (nSPS) is 10.7. The van der Waals surface area contributed by atoms with Crippen LogP contribution < -0.4 is 5.32 Å². The molecule has 0 bridgehead atoms. The Balaban J connectivity index is 1.59. The van der Waals surface area contributed by atoms with Gasteiger partial charge in [-0.3, -0.25) is 0 Å². The van der Waals surface area contributed by atoms with Gasteiger partial charge in [-0.15, -0.1) is 10.2 Å². The Bertz CT molecular complexity index is 681. The first-order valence-electron chi connectivity index (χ1n) is 6.00. The molecule has 20 heavy (non-hydrogen) atoms. The highest BCUT2D eigenvalue weighted by Crippen LogP contribution is 2.29. The molecule has 7 heteroatoms. The predicted octanol–water partition coefficient (Wildman–Crippen LogP) is 3.87. The van der Waals surface area contributed by atoms with Crippen LogP contribution in [-0.2, 0) is 5.75 Å². The second-order valence-corrected chi connectivity index (χ2v) is 6.29. The van der Waals surface area contributed by atoms with Crippen molar-refractivity contribution in [3.8, 4) is 0 Å². The maximum Gasteiger partial charge on any atom is 0.210 e. The second kappa shape index (κ2) is 6.06. The first kappa shape index (κ1) is 13.1. The average Bonchev–Trinajstić information content (AvgIpc) is 3.07. The monoisotopic (exact) mass is 304 g/mol. The van der Waals surface area contributed by atoms with Gasteiger partial charge in [0.15, 0.2) is 4.34 Å². The van der Waals surface area contributed by atoms with Gasteiger partial charge in [-0.2, -0.15) is 0 Å². The Morgan fingerprint density at radius 3 is 2.85 bits per heavy atom. The lowest BCUT2D eigenvalue weighted by atomic mass is 10.3. The molecular formula is C13H12N4OS2. The number of nitrogens with one attached hydrogen (secondary N) is 1. The highest BCUT2D eigenvalue weighted by molar-refractivity contribution is 8.00. The molecule has 0 fully saturated rings. The van der Waals surface area contributed by atoms with E-state index in [9.17, 15) is 0 Å². The average molecular weight is 304 g/mol. The maximum absolute atomic E-state index is 5.16. The molecule has 0 saturated heterocycles. The van der Waals surface area contributed by atoms with Crippen molar-refractivity contribution < 1.29 is 4.52 Å². The van der Waals surface area contributed by atoms with Crippen LogP contribution in [0.1, 0.15) is 11.5 Å². The van der Waals surface area contributed by atoms with E-state index in [0.717, 1.165) is 26.6 Å². The van der Waals surface area contributed by atoms with Crippen molar-refractivity contribution in [1.82, 2.24) is 15.4 Å². The van der Waals surface area contributed by atoms with E-state index < -0.39 is 0 Å². The fourth-order valence-corrected chi connectivity index (χ4v) is 3.23. The Labute approximate surface area is 124 Å². The third-order valence-corrected chi connectivity index (χ3v) is 4.44. The molecule has 0 amide bonds. The molecule has 2 heterocycles. The molecule has 1 aromatic carbocycles. The van der Waals surface area contributed by atoms with Gasteiger partial charge in [-0.25, -0.2) is 0 Å². The topological polar surface area (TPSA) is 63.8 Å². The first-order chi connectivity index (χ1) is 9.79. The van der Waals surface area contributed by atoms with Crippen molar-refractivity contribution >= 4 is 33.9 Å². The summed E-state index contributed by atoms with van der Waals surface area (Å²) >= 11 is 3.11. The van der Waals surface area contributed by atoms with Crippen LogP contribution in [0.2, 0.25) is 0 Å². The van der Waals surface area contributed by atoms with Gasteiger partial charge in [0, 0.05) is 11.8 Å². The Morgan fingerprint density at radius 1 is 1.25 bits per heavy atom. The Kier molecular flexibility index (Phi) is 3.98. The number of aromatic nitrogens is 3. The van der Waals surface area contributed by atoms with E-state index in [0.29, 0.717) is 5.75 Å². The Hall–Kier alpha value is -1.86. The summed E-state index contributed by atoms with van der Waals surface area (Å²) in [6, 6.07) is 11.8. The zero-order valence-electron chi connectivity index (χ0n) is 10.7. The SMILES string of the molecule is Cc1cc(CSc2nnc(Nc3ccccc3)s2)on1. The predicted molar refractivity (Wildman–Crippen MR) is 80.4 cm³/mol. The van der Waals surface area contributed by atoms with Crippen LogP contribution in [0.5, 0.6) is 0 Å². The Morgan fingerprint density at radius 2 is 2.10 bits per heavy atom. The molecule has 1 N–H and O–H groups in total. The molecule has 0 unspecified atom stereocenters. The van der Waals surface area contributed by atoms with Crippen molar-refractivity contribution in [3.63, 3.8) is 0 Å². The number of nitrogens with zero attached hydrogens (tertiary/aromatic N) is 3. The minimum atomic E-state index is 0.709. The molecule has 0 saturated carbocycles. The summed E-state index contributed by atoms with van der Waals surface area (Å²) in [6.45, 7) is 1.91. The van der Waals surface area contributed by atoms with Crippen molar-refractivity contribution in [2.75, 3.05) is 5.32 Å². The van der Waals surface area contributed by atoms with Gasteiger partial charge >= 0.3 is 0 Å². The van der Waals surface area contributed by atoms with Crippen LogP contribution in [0, 0.1) is 6.92 Å². The van der Waals surface area contributed by atoms with Gasteiger partial charge in [0.1, 0.15) is 5.76 Å². The third-order valence-electron chi connectivity index (χ3n) is 2.45. The molecule has 0 aliphatic rings. The smallest absolute Gasteiger partial charge is 0.210 e. The van der Waals surface area contributed by atoms with E-state index in [1.165, 1.54) is 11.3 Å². The van der Waals surface area contributed by atoms with Crippen LogP contribution in [-0.4, -0.2) is 15.4 Å². The molecule has 0 aliphatic heterocycles. The van der Waals surface area contributed by atoms with Crippen LogP contribution in [0.25, 0.3) is 0 Å². The number of anilines is 2. The largest absolute Gasteiger partial charge is 0.360 e. The van der Waals surface area contributed by atoms with E-state index in [4.69, 9.17) is 4.52 Å². The minimum absolute atomic E-state index is 0.709. The van der Waals surface area contributed by atoms with E-state index in [-0.39, 0.29) is 0 Å². The zero-order valence-corrected chi connectivity index (χ0v) is 12.4. The van der Waals surface area contributed by atoms with Crippen molar-refractivity contribution in [1.29, 1.82) is 0 Å². The molecular weight excluding hydrogens is 292 g/mol. The summed E-state index contributed by atoms with van der Waals surface area (Å²) in [7, 11) is 0. The first-order valence-corrected chi connectivity index (χ1v) is 7.80. The van der Waals surface area contributed by atoms with Gasteiger partial charge in [0.2, 0.25) is 5.13 Å². The molecule has 0 atom stereocenters. The molecule has 5 nitrogen and oxygen atoms in total. The third kappa shape index (κ3) is 3.37. The fourth-order valence-electron chi connectivity index (χ4n) is 1.58. The molecule has 3 rings (SSSR count). The summed E-state index contributed by atoms with van der Waals surface area (Å²) in [5.41, 5.74) is 1.90. The number of hydrogen-bond acceptors (Lipinski definition) is 7. The van der Waals surface area contributed by atoms with Gasteiger partial charge < -0.3 is 9.84 Å². The lowest BCUT2D eigenvalue weighted by Crippen LogP contribution is -1.87. The quantitative estimate of drug-likeness (QED) is 0.722. The summed E-state index contributed by atoms with van der Waals surface area (Å²) in [6.07, 6.45) is 0. The van der Waals surface area contributed by atoms with E-state index >= 15 is 0 Å². The number of thioether (sulfide) groups is 1. The van der Waals surface area contributed by atoms with Crippen molar-refractivity contribution in [2.45, 2.75) is 17.0 Å². The zero-order chi connectivity index (χ0) is 13.8. The standard InChI is InChI=1S/C13H12N4OS2/c1-9-7-11(18-17-9)8-19-13-16-15-12(20-13)14-10-5-3-2-4-6-10/h2-7H,8H2,1H3,(H,14,15). The highest BCUT2D eigenvalue weighted by atomic mass is 32.2. The summed E-state index contributed by atoms with van der Waals surface area (Å²) in [4.78, 5) is 0. The molecule has 0 spiro atoms. The van der Waals surface area contributed by atoms with E-state index in [1.54, 1.807) is 11.8 Å². The van der Waals surface area contributed by atoms with Crippen LogP contribution in [0.3, 0.4) is 0 Å². The molecule has 0 aliphatic carbocycles. The maximum atomic E-state index is 5.16. The lowest BCUT2D eigenvalue weighted by Gasteiger charge is -1.99. The number of hydrogen-bond donors (Lipinski definition) is 1. The number of benzene rings is 1. The number of aryl methyl sites for hydroxylation is 1. The van der Waals surface area contributed by atoms with Gasteiger partial charge in [0.25, 0.3) is 0 Å². The molecule has 3 aromatic rings. The minimum Gasteiger partial charge on any atom is -0.360 e. The fraction of sp³-hybridized carbons (Fsp3) is 0.154. The van der Waals surface area contributed by atoms with Gasteiger partial charge in [0.05, 0.1) is 11.4 Å². The summed E-state index contributed by atoms with van der Waals surface area (Å²) < 4.78 is 6.06. The van der Waals surface area contributed by atoms with Gasteiger partial charge in [-0.1, -0.05) is 46.5 Å². The highest BCUT2D eigenvalue weighted by Gasteiger charge is 2.07. The van der Waals surface area contributed by atoms with Crippen LogP contribution in [0.4, 0.5) is 10.8 Å². The number of rotatable bonds is 5. The van der Waals surface area contributed by atoms with Crippen molar-refractivity contribution in [3.05, 3.63) is 47.9 Å². The lowest BCUT2D eigenvalue weighted by molar-refractivity contribution is 0.391. The summed E-state index contributed by atoms with van der Waals surface area (Å²) in [5, 5.41) is 16.1. The van der Waals surface area contributed by atoms with Crippen LogP contribution >= 0.6 is 23.1 Å². The van der Waals surface area contributed by atoms with E-state index in [1.807, 2.05) is 43.3 Å². The number of para-hydroxylation sites is 1. The molecule has 102 valence electrons. The van der Waals surface area contributed by atoms with Crippen LogP contribution in [0.15, 0.2) is 45.3 Å². The molecule has 0 radical (unpaired) electrons. The second-order valence-electron chi connectivity index (χ2n) is 4.09. The van der Waals surface area contributed by atoms with Crippen molar-refractivity contribution in [2.24, 2.45) is 0 Å². The summed E-state index contributed by atoms with van der Waals surface area (Å²) in [5.74, 6) is 1.56. The van der Waals surface area contributed by atoms with Gasteiger partial charge in [-0.05, 0) is 19.1 Å². The van der Waals surface area contributed by atoms with E-state index in [2.05, 4.69) is 20.7 Å².